The van der Waals surface area contributed by atoms with Gasteiger partial charge >= 0.3 is 5.97 Å². The number of benzene rings is 2. The molecule has 0 spiro atoms. The molecule has 0 unspecified atom stereocenters. The smallest absolute Gasteiger partial charge is 0.328 e. The molecule has 7 heteroatoms. The first-order valence-electron chi connectivity index (χ1n) is 11.0. The van der Waals surface area contributed by atoms with E-state index in [0.29, 0.717) is 36.8 Å². The summed E-state index contributed by atoms with van der Waals surface area (Å²) in [6.07, 6.45) is 3.56. The van der Waals surface area contributed by atoms with Crippen molar-refractivity contribution in [2.75, 3.05) is 6.54 Å². The van der Waals surface area contributed by atoms with Gasteiger partial charge in [0.25, 0.3) is 0 Å². The summed E-state index contributed by atoms with van der Waals surface area (Å²) in [5, 5.41) is 8.81. The normalized spacial score (nSPS) is 23.7. The van der Waals surface area contributed by atoms with Crippen LogP contribution in [0.15, 0.2) is 42.0 Å². The van der Waals surface area contributed by atoms with Gasteiger partial charge in [-0.25, -0.2) is 22.4 Å². The number of hydrogen-bond acceptors (Lipinski definition) is 2. The minimum atomic E-state index is -1.38. The average Bonchev–Trinajstić information content (AvgIpc) is 3.35. The number of nitrogens with zero attached hydrogens (tertiary/aromatic N) is 1. The van der Waals surface area contributed by atoms with Gasteiger partial charge in [0.1, 0.15) is 23.1 Å². The van der Waals surface area contributed by atoms with Gasteiger partial charge in [0.2, 0.25) is 0 Å². The summed E-state index contributed by atoms with van der Waals surface area (Å²) in [4.78, 5) is 12.6. The van der Waals surface area contributed by atoms with Crippen molar-refractivity contribution in [2.45, 2.75) is 50.4 Å². The van der Waals surface area contributed by atoms with E-state index in [1.54, 1.807) is 6.07 Å². The zero-order valence-electron chi connectivity index (χ0n) is 18.0. The van der Waals surface area contributed by atoms with Crippen molar-refractivity contribution < 1.29 is 27.5 Å². The maximum atomic E-state index is 15.4. The van der Waals surface area contributed by atoms with Crippen LogP contribution in [-0.2, 0) is 11.2 Å². The predicted molar refractivity (Wildman–Crippen MR) is 117 cm³/mol. The molecule has 1 saturated carbocycles. The van der Waals surface area contributed by atoms with Crippen LogP contribution in [0.5, 0.6) is 0 Å². The molecule has 1 fully saturated rings. The molecule has 2 aromatic rings. The summed E-state index contributed by atoms with van der Waals surface area (Å²) >= 11 is 0. The highest BCUT2D eigenvalue weighted by molar-refractivity contribution is 5.85. The number of alkyl halides is 1. The number of carbonyl (C=O) groups is 1. The molecular formula is C26H23F4NO2. The largest absolute Gasteiger partial charge is 0.478 e. The Balaban J connectivity index is 1.65. The molecule has 1 aliphatic heterocycles. The lowest BCUT2D eigenvalue weighted by atomic mass is 9.84. The van der Waals surface area contributed by atoms with Gasteiger partial charge in [-0.3, -0.25) is 4.90 Å². The number of hydrogen-bond donors (Lipinski definition) is 1. The van der Waals surface area contributed by atoms with E-state index < -0.39 is 29.3 Å². The summed E-state index contributed by atoms with van der Waals surface area (Å²) in [5.74, 6) is -3.27. The Morgan fingerprint density at radius 2 is 1.88 bits per heavy atom. The van der Waals surface area contributed by atoms with Gasteiger partial charge < -0.3 is 5.11 Å². The molecule has 0 saturated heterocycles. The molecule has 0 bridgehead atoms. The fraction of sp³-hybridized carbons (Fsp3) is 0.346. The Bertz CT molecular complexity index is 1190. The van der Waals surface area contributed by atoms with E-state index in [1.807, 2.05) is 17.9 Å². The number of carboxylic acids is 1. The fourth-order valence-corrected chi connectivity index (χ4v) is 5.23. The molecule has 1 heterocycles. The Hall–Kier alpha value is -2.93. The van der Waals surface area contributed by atoms with Crippen molar-refractivity contribution in [3.63, 3.8) is 0 Å². The van der Waals surface area contributed by atoms with Gasteiger partial charge in [0, 0.05) is 29.8 Å². The van der Waals surface area contributed by atoms with E-state index in [9.17, 15) is 13.6 Å². The maximum Gasteiger partial charge on any atom is 0.328 e. The third kappa shape index (κ3) is 3.88. The van der Waals surface area contributed by atoms with Crippen LogP contribution < -0.4 is 0 Å². The van der Waals surface area contributed by atoms with Crippen LogP contribution in [0.25, 0.3) is 11.6 Å². The molecule has 33 heavy (non-hydrogen) atoms. The Morgan fingerprint density at radius 3 is 2.52 bits per heavy atom. The first-order chi connectivity index (χ1) is 15.7. The van der Waals surface area contributed by atoms with Crippen LogP contribution in [0.3, 0.4) is 0 Å². The third-order valence-electron chi connectivity index (χ3n) is 6.95. The average molecular weight is 457 g/mol. The molecule has 2 aliphatic carbocycles. The lowest BCUT2D eigenvalue weighted by Crippen LogP contribution is -2.45. The Morgan fingerprint density at radius 1 is 1.18 bits per heavy atom. The Kier molecular flexibility index (Phi) is 5.20. The first kappa shape index (κ1) is 21.9. The molecular weight excluding hydrogens is 434 g/mol. The van der Waals surface area contributed by atoms with E-state index in [1.165, 1.54) is 6.07 Å². The molecule has 0 aromatic heterocycles. The second kappa shape index (κ2) is 7.83. The van der Waals surface area contributed by atoms with Gasteiger partial charge in [0.15, 0.2) is 0 Å². The summed E-state index contributed by atoms with van der Waals surface area (Å²) in [6, 6.07) is 5.86. The van der Waals surface area contributed by atoms with Crippen molar-refractivity contribution in [3.8, 4) is 0 Å². The summed E-state index contributed by atoms with van der Waals surface area (Å²) in [6.45, 7) is 1.93. The van der Waals surface area contributed by atoms with Gasteiger partial charge in [0.05, 0.1) is 6.04 Å². The SMILES string of the molecule is C[C@H]1CC2=C(Cc3cccc(F)c32)[C@H](c2c(F)cc(/C=C/C(=O)O)cc2F)N1CC1(F)CC1. The van der Waals surface area contributed by atoms with E-state index in [-0.39, 0.29) is 29.5 Å². The van der Waals surface area contributed by atoms with Crippen molar-refractivity contribution >= 4 is 17.6 Å². The minimum Gasteiger partial charge on any atom is -0.478 e. The highest BCUT2D eigenvalue weighted by Crippen LogP contribution is 2.52. The molecule has 5 rings (SSSR count). The van der Waals surface area contributed by atoms with Gasteiger partial charge in [-0.05, 0) is 79.2 Å². The highest BCUT2D eigenvalue weighted by atomic mass is 19.1. The molecule has 3 nitrogen and oxygen atoms in total. The minimum absolute atomic E-state index is 0.0496. The van der Waals surface area contributed by atoms with Crippen molar-refractivity contribution in [3.05, 3.63) is 81.7 Å². The number of halogens is 4. The van der Waals surface area contributed by atoms with Crippen LogP contribution in [-0.4, -0.2) is 34.2 Å². The molecule has 1 N–H and O–H groups in total. The lowest BCUT2D eigenvalue weighted by Gasteiger charge is -2.43. The van der Waals surface area contributed by atoms with Gasteiger partial charge in [-0.2, -0.15) is 0 Å². The van der Waals surface area contributed by atoms with E-state index in [4.69, 9.17) is 5.11 Å². The number of rotatable bonds is 5. The standard InChI is InChI=1S/C26H23F4NO2/c1-14-9-17-18(12-16-3-2-4-19(27)23(16)17)25(31(14)13-26(30)7-8-26)24-20(28)10-15(11-21(24)29)5-6-22(32)33/h2-6,10-11,14,25H,7-9,12-13H2,1H3,(H,32,33)/b6-5+/t14-,25+/m0/s1. The monoisotopic (exact) mass is 457 g/mol. The number of aliphatic carboxylic acids is 1. The number of carboxylic acid groups (broad SMARTS) is 1. The summed E-state index contributed by atoms with van der Waals surface area (Å²) in [5.41, 5.74) is 1.19. The van der Waals surface area contributed by atoms with Crippen LogP contribution in [0, 0.1) is 17.5 Å². The topological polar surface area (TPSA) is 40.5 Å². The fourth-order valence-electron chi connectivity index (χ4n) is 5.23. The summed E-state index contributed by atoms with van der Waals surface area (Å²) in [7, 11) is 0. The molecule has 172 valence electrons. The van der Waals surface area contributed by atoms with E-state index in [2.05, 4.69) is 0 Å². The number of fused-ring (bicyclic) bond motifs is 2. The van der Waals surface area contributed by atoms with Crippen molar-refractivity contribution in [2.24, 2.45) is 0 Å². The van der Waals surface area contributed by atoms with Crippen LogP contribution >= 0.6 is 0 Å². The van der Waals surface area contributed by atoms with Crippen molar-refractivity contribution in [1.82, 2.24) is 4.90 Å². The van der Waals surface area contributed by atoms with Crippen LogP contribution in [0.1, 0.15) is 54.5 Å². The van der Waals surface area contributed by atoms with Crippen LogP contribution in [0.4, 0.5) is 17.6 Å². The maximum absolute atomic E-state index is 15.4. The van der Waals surface area contributed by atoms with Gasteiger partial charge in [-0.1, -0.05) is 12.1 Å². The van der Waals surface area contributed by atoms with Crippen molar-refractivity contribution in [1.29, 1.82) is 0 Å². The predicted octanol–water partition coefficient (Wildman–Crippen LogP) is 5.85. The second-order valence-corrected chi connectivity index (χ2v) is 9.30. The van der Waals surface area contributed by atoms with E-state index in [0.717, 1.165) is 35.4 Å². The van der Waals surface area contributed by atoms with Crippen LogP contribution in [0.2, 0.25) is 0 Å². The van der Waals surface area contributed by atoms with Gasteiger partial charge in [-0.15, -0.1) is 0 Å². The zero-order valence-corrected chi connectivity index (χ0v) is 18.0. The first-order valence-corrected chi connectivity index (χ1v) is 11.0. The Labute approximate surface area is 189 Å². The highest BCUT2D eigenvalue weighted by Gasteiger charge is 2.50. The molecule has 0 radical (unpaired) electrons. The third-order valence-corrected chi connectivity index (χ3v) is 6.95. The molecule has 2 aromatic carbocycles. The molecule has 0 amide bonds. The lowest BCUT2D eigenvalue weighted by molar-refractivity contribution is -0.131. The molecule has 3 aliphatic rings. The van der Waals surface area contributed by atoms with E-state index >= 15 is 8.78 Å². The zero-order chi connectivity index (χ0) is 23.5. The summed E-state index contributed by atoms with van der Waals surface area (Å²) < 4.78 is 60.4. The second-order valence-electron chi connectivity index (χ2n) is 9.30. The quantitative estimate of drug-likeness (QED) is 0.452. The molecule has 2 atom stereocenters.